The molecule has 0 aromatic heterocycles. The first-order chi connectivity index (χ1) is 15.1. The van der Waals surface area contributed by atoms with E-state index >= 15 is 0 Å². The molecule has 3 aliphatic heterocycles. The molecule has 3 aliphatic rings. The van der Waals surface area contributed by atoms with Crippen molar-refractivity contribution in [1.29, 1.82) is 0 Å². The third-order valence-corrected chi connectivity index (χ3v) is 7.28. The van der Waals surface area contributed by atoms with E-state index in [9.17, 15) is 19.5 Å². The van der Waals surface area contributed by atoms with Crippen LogP contribution in [0.4, 0.5) is 5.69 Å². The van der Waals surface area contributed by atoms with Gasteiger partial charge in [-0.25, -0.2) is 0 Å². The summed E-state index contributed by atoms with van der Waals surface area (Å²) < 4.78 is 6.40. The van der Waals surface area contributed by atoms with Gasteiger partial charge in [-0.2, -0.15) is 0 Å². The van der Waals surface area contributed by atoms with Crippen LogP contribution in [0.15, 0.2) is 30.3 Å². The number of carbonyl (C=O) groups excluding carboxylic acids is 3. The summed E-state index contributed by atoms with van der Waals surface area (Å²) in [5, 5.41) is 15.3. The molecule has 2 bridgehead atoms. The highest BCUT2D eigenvalue weighted by Crippen LogP contribution is 2.60. The third-order valence-electron chi connectivity index (χ3n) is 6.44. The van der Waals surface area contributed by atoms with Crippen molar-refractivity contribution in [3.63, 3.8) is 0 Å². The Kier molecular flexibility index (Phi) is 6.11. The molecule has 3 N–H and O–H groups in total. The van der Waals surface area contributed by atoms with Gasteiger partial charge >= 0.3 is 0 Å². The first kappa shape index (κ1) is 23.2. The topological polar surface area (TPSA) is 108 Å². The van der Waals surface area contributed by atoms with Crippen LogP contribution in [0.1, 0.15) is 33.6 Å². The van der Waals surface area contributed by atoms with Crippen molar-refractivity contribution in [3.8, 4) is 0 Å². The zero-order valence-corrected chi connectivity index (χ0v) is 20.1. The molecule has 32 heavy (non-hydrogen) atoms. The lowest BCUT2D eigenvalue weighted by Crippen LogP contribution is -2.58. The number of halogens is 1. The Hall–Kier alpha value is -1.97. The molecule has 0 radical (unpaired) electrons. The lowest BCUT2D eigenvalue weighted by Gasteiger charge is -2.35. The Bertz CT molecular complexity index is 905. The number of rotatable bonds is 6. The maximum atomic E-state index is 13.6. The standard InChI is InChI=1S/C23H30BrN3O5/c1-22(2,3)26-20(30)18-23-12-14(24)17(32-23)15(16(23)21(31)27(18)10-7-11-28)19(29)25-13-8-5-4-6-9-13/h4-6,8-9,14-18,28H,7,10-12H2,1-3H3,(H,25,29)(H,26,30)/t14?,15-,16+,17-,18?,23?/m1/s1. The summed E-state index contributed by atoms with van der Waals surface area (Å²) in [6.45, 7) is 5.77. The van der Waals surface area contributed by atoms with Gasteiger partial charge in [-0.15, -0.1) is 0 Å². The number of hydrogen-bond acceptors (Lipinski definition) is 5. The van der Waals surface area contributed by atoms with Gasteiger partial charge in [-0.1, -0.05) is 34.1 Å². The summed E-state index contributed by atoms with van der Waals surface area (Å²) in [6, 6.07) is 8.23. The van der Waals surface area contributed by atoms with Crippen LogP contribution in [-0.4, -0.2) is 69.0 Å². The van der Waals surface area contributed by atoms with Gasteiger partial charge in [0.15, 0.2) is 0 Å². The fourth-order valence-corrected chi connectivity index (χ4v) is 6.34. The predicted molar refractivity (Wildman–Crippen MR) is 122 cm³/mol. The molecule has 174 valence electrons. The van der Waals surface area contributed by atoms with Crippen LogP contribution < -0.4 is 10.6 Å². The Balaban J connectivity index is 1.69. The van der Waals surface area contributed by atoms with Gasteiger partial charge in [0.2, 0.25) is 17.7 Å². The number of aliphatic hydroxyl groups excluding tert-OH is 1. The summed E-state index contributed by atoms with van der Waals surface area (Å²) in [4.78, 5) is 41.7. The predicted octanol–water partition coefficient (Wildman–Crippen LogP) is 1.67. The molecule has 3 saturated heterocycles. The Morgan fingerprint density at radius 2 is 1.94 bits per heavy atom. The molecule has 4 rings (SSSR count). The molecule has 3 fully saturated rings. The van der Waals surface area contributed by atoms with Crippen LogP contribution in [0.2, 0.25) is 0 Å². The summed E-state index contributed by atoms with van der Waals surface area (Å²) in [5.74, 6) is -2.31. The van der Waals surface area contributed by atoms with E-state index in [-0.39, 0.29) is 35.7 Å². The van der Waals surface area contributed by atoms with Crippen molar-refractivity contribution in [1.82, 2.24) is 10.2 Å². The number of ether oxygens (including phenoxy) is 1. The molecule has 1 aromatic carbocycles. The van der Waals surface area contributed by atoms with E-state index < -0.39 is 35.1 Å². The normalized spacial score (nSPS) is 33.3. The Labute approximate surface area is 196 Å². The lowest BCUT2D eigenvalue weighted by molar-refractivity contribution is -0.142. The first-order valence-corrected chi connectivity index (χ1v) is 11.9. The van der Waals surface area contributed by atoms with Crippen LogP contribution in [-0.2, 0) is 19.1 Å². The second kappa shape index (κ2) is 8.43. The number of alkyl halides is 1. The molecule has 0 aliphatic carbocycles. The van der Waals surface area contributed by atoms with Crippen LogP contribution >= 0.6 is 15.9 Å². The summed E-state index contributed by atoms with van der Waals surface area (Å²) >= 11 is 3.64. The van der Waals surface area contributed by atoms with Gasteiger partial charge in [0.05, 0.1) is 17.9 Å². The zero-order chi connectivity index (χ0) is 23.3. The lowest BCUT2D eigenvalue weighted by atomic mass is 9.70. The number of para-hydroxylation sites is 1. The summed E-state index contributed by atoms with van der Waals surface area (Å²) in [6.07, 6.45) is 0.300. The number of aliphatic hydroxyl groups is 1. The summed E-state index contributed by atoms with van der Waals surface area (Å²) in [7, 11) is 0. The van der Waals surface area contributed by atoms with Crippen LogP contribution in [0.5, 0.6) is 0 Å². The van der Waals surface area contributed by atoms with Crippen LogP contribution in [0.3, 0.4) is 0 Å². The van der Waals surface area contributed by atoms with E-state index in [0.29, 0.717) is 18.5 Å². The Morgan fingerprint density at radius 3 is 2.56 bits per heavy atom. The SMILES string of the molecule is CC(C)(C)NC(=O)C1N(CCCO)C(=O)[C@@H]2[C@@H](C(=O)Nc3ccccc3)[C@@H]3OC12CC3Br. The zero-order valence-electron chi connectivity index (χ0n) is 18.5. The fourth-order valence-electron chi connectivity index (χ4n) is 5.40. The van der Waals surface area contributed by atoms with Gasteiger partial charge in [0, 0.05) is 29.2 Å². The number of fused-ring (bicyclic) bond motifs is 1. The number of nitrogens with one attached hydrogen (secondary N) is 2. The van der Waals surface area contributed by atoms with Crippen LogP contribution in [0.25, 0.3) is 0 Å². The van der Waals surface area contributed by atoms with Crippen molar-refractivity contribution in [2.24, 2.45) is 11.8 Å². The third kappa shape index (κ3) is 3.84. The molecular weight excluding hydrogens is 478 g/mol. The van der Waals surface area contributed by atoms with Crippen molar-refractivity contribution in [3.05, 3.63) is 30.3 Å². The number of anilines is 1. The number of hydrogen-bond donors (Lipinski definition) is 3. The number of benzene rings is 1. The van der Waals surface area contributed by atoms with E-state index in [1.165, 1.54) is 4.90 Å². The largest absolute Gasteiger partial charge is 0.396 e. The molecule has 1 spiro atoms. The van der Waals surface area contributed by atoms with Gasteiger partial charge in [-0.3, -0.25) is 14.4 Å². The van der Waals surface area contributed by atoms with Crippen LogP contribution in [0, 0.1) is 11.8 Å². The molecule has 9 heteroatoms. The number of likely N-dealkylation sites (tertiary alicyclic amines) is 1. The molecule has 3 unspecified atom stereocenters. The van der Waals surface area contributed by atoms with Crippen molar-refractivity contribution in [2.75, 3.05) is 18.5 Å². The quantitative estimate of drug-likeness (QED) is 0.507. The highest BCUT2D eigenvalue weighted by atomic mass is 79.9. The Morgan fingerprint density at radius 1 is 1.25 bits per heavy atom. The second-order valence-electron chi connectivity index (χ2n) is 9.87. The first-order valence-electron chi connectivity index (χ1n) is 11.0. The van der Waals surface area contributed by atoms with Gasteiger partial charge < -0.3 is 25.4 Å². The minimum atomic E-state index is -1.08. The maximum Gasteiger partial charge on any atom is 0.246 e. The number of amides is 3. The molecule has 1 aromatic rings. The fraction of sp³-hybridized carbons (Fsp3) is 0.609. The van der Waals surface area contributed by atoms with E-state index in [0.717, 1.165) is 0 Å². The van der Waals surface area contributed by atoms with Gasteiger partial charge in [-0.05, 0) is 45.7 Å². The number of carbonyl (C=O) groups is 3. The second-order valence-corrected chi connectivity index (χ2v) is 11.0. The average Bonchev–Trinajstić information content (AvgIpc) is 3.29. The molecule has 3 amide bonds. The molecule has 0 saturated carbocycles. The minimum Gasteiger partial charge on any atom is -0.396 e. The van der Waals surface area contributed by atoms with Crippen molar-refractivity contribution in [2.45, 2.75) is 61.7 Å². The highest BCUT2D eigenvalue weighted by Gasteiger charge is 2.76. The monoisotopic (exact) mass is 507 g/mol. The molecular formula is C23H30BrN3O5. The van der Waals surface area contributed by atoms with Gasteiger partial charge in [0.1, 0.15) is 11.6 Å². The summed E-state index contributed by atoms with van der Waals surface area (Å²) in [5.41, 5.74) is -0.934. The van der Waals surface area contributed by atoms with Crippen molar-refractivity contribution < 1.29 is 24.2 Å². The molecule has 6 atom stereocenters. The van der Waals surface area contributed by atoms with Gasteiger partial charge in [0.25, 0.3) is 0 Å². The van der Waals surface area contributed by atoms with E-state index in [1.54, 1.807) is 12.1 Å². The maximum absolute atomic E-state index is 13.6. The minimum absolute atomic E-state index is 0.0997. The molecule has 3 heterocycles. The van der Waals surface area contributed by atoms with Crippen molar-refractivity contribution >= 4 is 39.3 Å². The number of nitrogens with zero attached hydrogens (tertiary/aromatic N) is 1. The average molecular weight is 508 g/mol. The highest BCUT2D eigenvalue weighted by molar-refractivity contribution is 9.09. The molecule has 8 nitrogen and oxygen atoms in total. The van der Waals surface area contributed by atoms with E-state index in [2.05, 4.69) is 26.6 Å². The van der Waals surface area contributed by atoms with E-state index in [4.69, 9.17) is 4.74 Å². The van der Waals surface area contributed by atoms with E-state index in [1.807, 2.05) is 39.0 Å². The smallest absolute Gasteiger partial charge is 0.246 e.